The molecule has 3 rings (SSSR count). The fourth-order valence-corrected chi connectivity index (χ4v) is 3.23. The summed E-state index contributed by atoms with van der Waals surface area (Å²) in [4.78, 5) is 23.2. The zero-order valence-electron chi connectivity index (χ0n) is 17.8. The van der Waals surface area contributed by atoms with Gasteiger partial charge in [0, 0.05) is 17.1 Å². The molecule has 0 aliphatic heterocycles. The second kappa shape index (κ2) is 10.8. The first kappa shape index (κ1) is 23.3. The number of carbonyl (C=O) groups is 2. The number of amides is 1. The summed E-state index contributed by atoms with van der Waals surface area (Å²) < 4.78 is 11.7. The van der Waals surface area contributed by atoms with Crippen molar-refractivity contribution in [2.45, 2.75) is 19.8 Å². The number of esters is 1. The number of rotatable bonds is 8. The highest BCUT2D eigenvalue weighted by atomic mass is 35.5. The van der Waals surface area contributed by atoms with Crippen LogP contribution in [0.2, 0.25) is 5.02 Å². The number of methoxy groups -OCH3 is 1. The van der Waals surface area contributed by atoms with E-state index in [2.05, 4.69) is 4.74 Å². The Balaban J connectivity index is 1.79. The summed E-state index contributed by atoms with van der Waals surface area (Å²) >= 11 is 6.04. The molecule has 2 aromatic carbocycles. The summed E-state index contributed by atoms with van der Waals surface area (Å²) in [5.41, 5.74) is 3.42. The number of ether oxygens (including phenoxy) is 2. The van der Waals surface area contributed by atoms with Crippen LogP contribution in [-0.4, -0.2) is 52.2 Å². The maximum Gasteiger partial charge on any atom is 0.399 e. The fourth-order valence-electron chi connectivity index (χ4n) is 3.11. The number of hydrogen-bond acceptors (Lipinski definition) is 6. The monoisotopic (exact) mass is 457 g/mol. The van der Waals surface area contributed by atoms with Crippen molar-refractivity contribution in [3.8, 4) is 22.7 Å². The first-order valence-corrected chi connectivity index (χ1v) is 10.5. The number of aryl methyl sites for hydroxylation is 1. The average molecular weight is 458 g/mol. The van der Waals surface area contributed by atoms with E-state index in [1.807, 2.05) is 59.3 Å². The lowest BCUT2D eigenvalue weighted by atomic mass is 10.1. The quantitative estimate of drug-likeness (QED) is 0.238. The van der Waals surface area contributed by atoms with Gasteiger partial charge in [-0.15, -0.1) is 0 Å². The van der Waals surface area contributed by atoms with Crippen LogP contribution in [0.25, 0.3) is 16.9 Å². The van der Waals surface area contributed by atoms with Crippen molar-refractivity contribution in [3.63, 3.8) is 0 Å². The predicted octanol–water partition coefficient (Wildman–Crippen LogP) is 3.91. The Morgan fingerprint density at radius 1 is 1.12 bits per heavy atom. The Morgan fingerprint density at radius 3 is 2.44 bits per heavy atom. The van der Waals surface area contributed by atoms with Gasteiger partial charge in [0.05, 0.1) is 30.8 Å². The Morgan fingerprint density at radius 2 is 1.81 bits per heavy atom. The Labute approximate surface area is 190 Å². The summed E-state index contributed by atoms with van der Waals surface area (Å²) in [7, 11) is 1.61. The molecule has 0 atom stereocenters. The molecule has 1 aromatic heterocycles. The predicted molar refractivity (Wildman–Crippen MR) is 119 cm³/mol. The number of halogens is 1. The minimum absolute atomic E-state index is 0.0245. The van der Waals surface area contributed by atoms with E-state index in [-0.39, 0.29) is 13.2 Å². The SMILES string of the molecule is CCOC(=O)C(=O)N(O)CCCc1cc(-c2ccc(Cl)cc2)n(-c2ccc(OC)cc2)n1. The van der Waals surface area contributed by atoms with Crippen molar-refractivity contribution in [1.82, 2.24) is 14.8 Å². The third-order valence-corrected chi connectivity index (χ3v) is 4.96. The van der Waals surface area contributed by atoms with Crippen LogP contribution in [0.1, 0.15) is 19.0 Å². The Hall–Kier alpha value is -3.36. The summed E-state index contributed by atoms with van der Waals surface area (Å²) in [6.07, 6.45) is 0.887. The van der Waals surface area contributed by atoms with Crippen molar-refractivity contribution in [1.29, 1.82) is 0 Å². The lowest BCUT2D eigenvalue weighted by molar-refractivity contribution is -0.180. The molecule has 0 saturated heterocycles. The van der Waals surface area contributed by atoms with Gasteiger partial charge in [-0.2, -0.15) is 5.10 Å². The molecule has 168 valence electrons. The molecule has 8 nitrogen and oxygen atoms in total. The van der Waals surface area contributed by atoms with Gasteiger partial charge in [-0.3, -0.25) is 10.0 Å². The second-order valence-corrected chi connectivity index (χ2v) is 7.33. The molecule has 32 heavy (non-hydrogen) atoms. The van der Waals surface area contributed by atoms with Crippen LogP contribution in [0.4, 0.5) is 0 Å². The molecule has 0 radical (unpaired) electrons. The number of nitrogens with zero attached hydrogens (tertiary/aromatic N) is 3. The highest BCUT2D eigenvalue weighted by molar-refractivity contribution is 6.32. The second-order valence-electron chi connectivity index (χ2n) is 6.89. The molecule has 1 amide bonds. The van der Waals surface area contributed by atoms with E-state index in [1.54, 1.807) is 14.0 Å². The van der Waals surface area contributed by atoms with Crippen LogP contribution < -0.4 is 4.74 Å². The molecule has 1 heterocycles. The molecule has 9 heteroatoms. The molecule has 0 aliphatic carbocycles. The molecular weight excluding hydrogens is 434 g/mol. The summed E-state index contributed by atoms with van der Waals surface area (Å²) in [5.74, 6) is -1.43. The molecular formula is C23H24ClN3O5. The van der Waals surface area contributed by atoms with Gasteiger partial charge in [0.1, 0.15) is 5.75 Å². The highest BCUT2D eigenvalue weighted by Crippen LogP contribution is 2.27. The van der Waals surface area contributed by atoms with Crippen molar-refractivity contribution in [3.05, 3.63) is 65.3 Å². The molecule has 0 spiro atoms. The molecule has 0 bridgehead atoms. The zero-order chi connectivity index (χ0) is 23.1. The van der Waals surface area contributed by atoms with Crippen LogP contribution >= 0.6 is 11.6 Å². The van der Waals surface area contributed by atoms with Gasteiger partial charge in [-0.05, 0) is 62.2 Å². The lowest BCUT2D eigenvalue weighted by Crippen LogP contribution is -2.35. The Kier molecular flexibility index (Phi) is 7.86. The molecule has 0 aliphatic rings. The van der Waals surface area contributed by atoms with Gasteiger partial charge in [0.25, 0.3) is 0 Å². The topological polar surface area (TPSA) is 93.9 Å². The van der Waals surface area contributed by atoms with Crippen molar-refractivity contribution in [2.75, 3.05) is 20.3 Å². The maximum absolute atomic E-state index is 11.7. The number of aromatic nitrogens is 2. The van der Waals surface area contributed by atoms with E-state index in [9.17, 15) is 14.8 Å². The van der Waals surface area contributed by atoms with E-state index in [0.717, 1.165) is 28.4 Å². The van der Waals surface area contributed by atoms with Crippen LogP contribution in [0.3, 0.4) is 0 Å². The van der Waals surface area contributed by atoms with Crippen molar-refractivity contribution < 1.29 is 24.3 Å². The third kappa shape index (κ3) is 5.66. The first-order valence-electron chi connectivity index (χ1n) is 10.1. The van der Waals surface area contributed by atoms with Gasteiger partial charge in [-0.25, -0.2) is 14.5 Å². The normalized spacial score (nSPS) is 10.6. The van der Waals surface area contributed by atoms with Gasteiger partial charge >= 0.3 is 11.9 Å². The molecule has 0 unspecified atom stereocenters. The van der Waals surface area contributed by atoms with Gasteiger partial charge in [0.15, 0.2) is 0 Å². The summed E-state index contributed by atoms with van der Waals surface area (Å²) in [5, 5.41) is 15.5. The molecule has 1 N–H and O–H groups in total. The van der Waals surface area contributed by atoms with Crippen LogP contribution in [0.5, 0.6) is 5.75 Å². The molecule has 3 aromatic rings. The minimum atomic E-state index is -1.09. The first-order chi connectivity index (χ1) is 15.4. The number of hydroxylamine groups is 2. The van der Waals surface area contributed by atoms with E-state index >= 15 is 0 Å². The Bertz CT molecular complexity index is 1060. The number of hydrogen-bond donors (Lipinski definition) is 1. The van der Waals surface area contributed by atoms with E-state index in [0.29, 0.717) is 22.9 Å². The lowest BCUT2D eigenvalue weighted by Gasteiger charge is -2.13. The van der Waals surface area contributed by atoms with Crippen molar-refractivity contribution >= 4 is 23.5 Å². The number of benzene rings is 2. The van der Waals surface area contributed by atoms with Crippen LogP contribution in [0, 0.1) is 0 Å². The zero-order valence-corrected chi connectivity index (χ0v) is 18.6. The molecule has 0 saturated carbocycles. The number of carbonyl (C=O) groups excluding carboxylic acids is 2. The largest absolute Gasteiger partial charge is 0.497 e. The smallest absolute Gasteiger partial charge is 0.399 e. The maximum atomic E-state index is 11.7. The minimum Gasteiger partial charge on any atom is -0.497 e. The standard InChI is InChI=1S/C23H24ClN3O5/c1-3-32-23(29)22(28)26(30)14-4-5-18-15-21(16-6-8-17(24)9-7-16)27(25-18)19-10-12-20(31-2)13-11-19/h6-13,15,30H,3-5,14H2,1-2H3. The average Bonchev–Trinajstić information content (AvgIpc) is 3.23. The summed E-state index contributed by atoms with van der Waals surface area (Å²) in [6.45, 7) is 1.63. The van der Waals surface area contributed by atoms with Gasteiger partial charge < -0.3 is 9.47 Å². The third-order valence-electron chi connectivity index (χ3n) is 4.70. The van der Waals surface area contributed by atoms with E-state index in [1.165, 1.54) is 0 Å². The highest BCUT2D eigenvalue weighted by Gasteiger charge is 2.21. The summed E-state index contributed by atoms with van der Waals surface area (Å²) in [6, 6.07) is 16.9. The fraction of sp³-hybridized carbons (Fsp3) is 0.261. The van der Waals surface area contributed by atoms with Crippen LogP contribution in [0.15, 0.2) is 54.6 Å². The van der Waals surface area contributed by atoms with Crippen molar-refractivity contribution in [2.24, 2.45) is 0 Å². The van der Waals surface area contributed by atoms with Gasteiger partial charge in [0.2, 0.25) is 0 Å². The van der Waals surface area contributed by atoms with E-state index < -0.39 is 11.9 Å². The van der Waals surface area contributed by atoms with Crippen LogP contribution in [-0.2, 0) is 20.7 Å². The van der Waals surface area contributed by atoms with E-state index in [4.69, 9.17) is 21.4 Å². The van der Waals surface area contributed by atoms with Gasteiger partial charge in [-0.1, -0.05) is 23.7 Å². The molecule has 0 fully saturated rings.